The minimum absolute atomic E-state index is 0.156. The number of hydrogen-bond donors (Lipinski definition) is 1. The average molecular weight is 532 g/mol. The maximum atomic E-state index is 15.6. The first-order valence-corrected chi connectivity index (χ1v) is 13.1. The SMILES string of the molecule is CCN1CCN(C(=O)c2ccc(-n3ccc4c(-c5cnc(N)nc5)nc(N5CCOCC5)nc43)c(F)c2)CC1. The molecule has 0 radical (unpaired) electrons. The van der Waals surface area contributed by atoms with E-state index in [2.05, 4.69) is 21.8 Å². The number of anilines is 2. The van der Waals surface area contributed by atoms with Crippen molar-refractivity contribution in [3.63, 3.8) is 0 Å². The molecule has 6 rings (SSSR count). The molecule has 0 unspecified atom stereocenters. The number of hydrogen-bond acceptors (Lipinski definition) is 9. The van der Waals surface area contributed by atoms with Crippen LogP contribution < -0.4 is 10.6 Å². The van der Waals surface area contributed by atoms with Crippen LogP contribution in [-0.2, 0) is 4.74 Å². The normalized spacial score (nSPS) is 16.7. The Hall–Kier alpha value is -4.16. The first-order chi connectivity index (χ1) is 19.0. The van der Waals surface area contributed by atoms with E-state index in [1.807, 2.05) is 11.0 Å². The molecule has 1 amide bonds. The summed E-state index contributed by atoms with van der Waals surface area (Å²) in [4.78, 5) is 37.1. The molecule has 1 aromatic carbocycles. The number of likely N-dealkylation sites (N-methyl/N-ethyl adjacent to an activating group) is 1. The number of rotatable bonds is 5. The van der Waals surface area contributed by atoms with Crippen LogP contribution in [0.4, 0.5) is 16.3 Å². The molecule has 2 saturated heterocycles. The van der Waals surface area contributed by atoms with Gasteiger partial charge >= 0.3 is 0 Å². The topological polar surface area (TPSA) is 119 Å². The molecule has 0 spiro atoms. The lowest BCUT2D eigenvalue weighted by atomic mass is 10.1. The number of fused-ring (bicyclic) bond motifs is 1. The van der Waals surface area contributed by atoms with Crippen LogP contribution >= 0.6 is 0 Å². The predicted molar refractivity (Wildman–Crippen MR) is 145 cm³/mol. The van der Waals surface area contributed by atoms with Crippen LogP contribution in [0.15, 0.2) is 42.9 Å². The third-order valence-corrected chi connectivity index (χ3v) is 7.33. The minimum Gasteiger partial charge on any atom is -0.378 e. The van der Waals surface area contributed by atoms with Crippen LogP contribution in [-0.4, -0.2) is 99.2 Å². The number of carbonyl (C=O) groups excluding carboxylic acids is 1. The maximum absolute atomic E-state index is 15.6. The molecule has 0 bridgehead atoms. The van der Waals surface area contributed by atoms with Gasteiger partial charge in [0, 0.05) is 74.4 Å². The van der Waals surface area contributed by atoms with E-state index in [9.17, 15) is 4.79 Å². The number of piperazine rings is 1. The molecule has 39 heavy (non-hydrogen) atoms. The number of nitrogens with zero attached hydrogens (tertiary/aromatic N) is 8. The summed E-state index contributed by atoms with van der Waals surface area (Å²) in [5, 5.41) is 0.716. The van der Waals surface area contributed by atoms with Gasteiger partial charge in [-0.25, -0.2) is 19.3 Å². The predicted octanol–water partition coefficient (Wildman–Crippen LogP) is 2.21. The third-order valence-electron chi connectivity index (χ3n) is 7.33. The highest BCUT2D eigenvalue weighted by Gasteiger charge is 2.24. The molecule has 2 aliphatic rings. The maximum Gasteiger partial charge on any atom is 0.254 e. The van der Waals surface area contributed by atoms with Gasteiger partial charge in [0.05, 0.1) is 24.6 Å². The second kappa shape index (κ2) is 10.5. The monoisotopic (exact) mass is 531 g/mol. The van der Waals surface area contributed by atoms with E-state index in [4.69, 9.17) is 20.4 Å². The number of ether oxygens (including phenoxy) is 1. The van der Waals surface area contributed by atoms with E-state index in [-0.39, 0.29) is 11.9 Å². The van der Waals surface area contributed by atoms with Crippen molar-refractivity contribution in [3.8, 4) is 16.9 Å². The summed E-state index contributed by atoms with van der Waals surface area (Å²) in [6, 6.07) is 6.47. The van der Waals surface area contributed by atoms with E-state index in [1.165, 1.54) is 6.07 Å². The van der Waals surface area contributed by atoms with Crippen LogP contribution in [0.5, 0.6) is 0 Å². The number of nitrogens with two attached hydrogens (primary N) is 1. The Morgan fingerprint density at radius 2 is 1.77 bits per heavy atom. The lowest BCUT2D eigenvalue weighted by molar-refractivity contribution is 0.0643. The second-order valence-corrected chi connectivity index (χ2v) is 9.62. The summed E-state index contributed by atoms with van der Waals surface area (Å²) in [7, 11) is 0. The van der Waals surface area contributed by atoms with Crippen LogP contribution in [0, 0.1) is 5.82 Å². The van der Waals surface area contributed by atoms with Gasteiger partial charge in [0.25, 0.3) is 5.91 Å². The van der Waals surface area contributed by atoms with Gasteiger partial charge in [-0.1, -0.05) is 6.92 Å². The van der Waals surface area contributed by atoms with Gasteiger partial charge in [0.1, 0.15) is 5.82 Å². The molecular weight excluding hydrogens is 501 g/mol. The van der Waals surface area contributed by atoms with Gasteiger partial charge in [-0.15, -0.1) is 0 Å². The lowest BCUT2D eigenvalue weighted by Crippen LogP contribution is -2.48. The lowest BCUT2D eigenvalue weighted by Gasteiger charge is -2.34. The van der Waals surface area contributed by atoms with E-state index in [0.717, 1.165) is 19.6 Å². The second-order valence-electron chi connectivity index (χ2n) is 9.62. The summed E-state index contributed by atoms with van der Waals surface area (Å²) in [6.45, 7) is 8.41. The number of morpholine rings is 1. The summed E-state index contributed by atoms with van der Waals surface area (Å²) in [5.74, 6) is 0.0144. The third kappa shape index (κ3) is 4.88. The molecule has 2 aliphatic heterocycles. The highest BCUT2D eigenvalue weighted by atomic mass is 19.1. The molecule has 2 fully saturated rings. The van der Waals surface area contributed by atoms with Crippen molar-refractivity contribution in [3.05, 3.63) is 54.2 Å². The van der Waals surface area contributed by atoms with Gasteiger partial charge in [0.15, 0.2) is 5.65 Å². The molecule has 0 saturated carbocycles. The van der Waals surface area contributed by atoms with Gasteiger partial charge in [-0.2, -0.15) is 4.98 Å². The molecule has 4 aromatic rings. The standard InChI is InChI=1S/C27H30FN9O2/c1-2-34-7-9-35(10-8-34)25(38)18-3-4-22(21(28)15-18)37-6-5-20-23(19-16-30-26(29)31-17-19)32-27(33-24(20)37)36-11-13-39-14-12-36/h3-6,15-17H,2,7-14H2,1H3,(H2,29,30,31). The van der Waals surface area contributed by atoms with Gasteiger partial charge < -0.3 is 25.2 Å². The first-order valence-electron chi connectivity index (χ1n) is 13.1. The summed E-state index contributed by atoms with van der Waals surface area (Å²) in [5.41, 5.74) is 8.16. The van der Waals surface area contributed by atoms with Crippen LogP contribution in [0.3, 0.4) is 0 Å². The van der Waals surface area contributed by atoms with Crippen molar-refractivity contribution >= 4 is 28.8 Å². The molecule has 12 heteroatoms. The molecule has 3 aromatic heterocycles. The number of amides is 1. The van der Waals surface area contributed by atoms with Crippen LogP contribution in [0.2, 0.25) is 0 Å². The Kier molecular flexibility index (Phi) is 6.79. The van der Waals surface area contributed by atoms with Crippen molar-refractivity contribution in [1.29, 1.82) is 0 Å². The summed E-state index contributed by atoms with van der Waals surface area (Å²) < 4.78 is 22.8. The molecule has 202 valence electrons. The average Bonchev–Trinajstić information content (AvgIpc) is 3.41. The van der Waals surface area contributed by atoms with Gasteiger partial charge in [-0.3, -0.25) is 9.36 Å². The Morgan fingerprint density at radius 1 is 1.03 bits per heavy atom. The van der Waals surface area contributed by atoms with Crippen LogP contribution in [0.25, 0.3) is 28.0 Å². The highest BCUT2D eigenvalue weighted by Crippen LogP contribution is 2.31. The van der Waals surface area contributed by atoms with Crippen molar-refractivity contribution < 1.29 is 13.9 Å². The molecule has 5 heterocycles. The van der Waals surface area contributed by atoms with Gasteiger partial charge in [-0.05, 0) is 30.8 Å². The fraction of sp³-hybridized carbons (Fsp3) is 0.370. The zero-order chi connectivity index (χ0) is 26.9. The van der Waals surface area contributed by atoms with Crippen molar-refractivity contribution in [2.75, 3.05) is 69.7 Å². The Bertz CT molecular complexity index is 1490. The smallest absolute Gasteiger partial charge is 0.254 e. The largest absolute Gasteiger partial charge is 0.378 e. The van der Waals surface area contributed by atoms with Crippen molar-refractivity contribution in [2.24, 2.45) is 0 Å². The van der Waals surface area contributed by atoms with E-state index >= 15 is 4.39 Å². The number of benzene rings is 1. The molecule has 2 N–H and O–H groups in total. The van der Waals surface area contributed by atoms with Crippen LogP contribution in [0.1, 0.15) is 17.3 Å². The van der Waals surface area contributed by atoms with E-state index in [1.54, 1.807) is 40.2 Å². The Morgan fingerprint density at radius 3 is 2.46 bits per heavy atom. The Balaban J connectivity index is 1.38. The van der Waals surface area contributed by atoms with E-state index in [0.29, 0.717) is 78.9 Å². The zero-order valence-electron chi connectivity index (χ0n) is 21.8. The number of nitrogen functional groups attached to an aromatic ring is 1. The summed E-state index contributed by atoms with van der Waals surface area (Å²) >= 11 is 0. The zero-order valence-corrected chi connectivity index (χ0v) is 21.8. The summed E-state index contributed by atoms with van der Waals surface area (Å²) in [6.07, 6.45) is 4.99. The van der Waals surface area contributed by atoms with E-state index < -0.39 is 5.82 Å². The number of carbonyl (C=O) groups is 1. The number of aromatic nitrogens is 5. The van der Waals surface area contributed by atoms with Gasteiger partial charge in [0.2, 0.25) is 11.9 Å². The number of halogens is 1. The fourth-order valence-electron chi connectivity index (χ4n) is 5.07. The molecular formula is C27H30FN9O2. The molecule has 0 aliphatic carbocycles. The molecule has 11 nitrogen and oxygen atoms in total. The first kappa shape index (κ1) is 25.1. The minimum atomic E-state index is -0.505. The molecule has 0 atom stereocenters. The highest BCUT2D eigenvalue weighted by molar-refractivity contribution is 5.95. The quantitative estimate of drug-likeness (QED) is 0.413. The Labute approximate surface area is 225 Å². The van der Waals surface area contributed by atoms with Crippen molar-refractivity contribution in [2.45, 2.75) is 6.92 Å². The fourth-order valence-corrected chi connectivity index (χ4v) is 5.07. The van der Waals surface area contributed by atoms with Crippen molar-refractivity contribution in [1.82, 2.24) is 34.3 Å².